The molecule has 1 aliphatic heterocycles. The maximum absolute atomic E-state index is 12.1. The molecule has 0 fully saturated rings. The van der Waals surface area contributed by atoms with Crippen LogP contribution in [-0.2, 0) is 11.2 Å². The second kappa shape index (κ2) is 10.2. The molecule has 0 bridgehead atoms. The predicted octanol–water partition coefficient (Wildman–Crippen LogP) is 5.50. The van der Waals surface area contributed by atoms with Crippen LogP contribution in [0.2, 0.25) is 0 Å². The van der Waals surface area contributed by atoms with Crippen LogP contribution < -0.4 is 4.84 Å². The number of unbranched alkanes of at least 4 members (excludes halogenated alkanes) is 8. The van der Waals surface area contributed by atoms with Crippen molar-refractivity contribution in [2.45, 2.75) is 71.1 Å². The van der Waals surface area contributed by atoms with Crippen LogP contribution >= 0.6 is 22.6 Å². The Balaban J connectivity index is 1.61. The summed E-state index contributed by atoms with van der Waals surface area (Å²) in [7, 11) is 0. The van der Waals surface area contributed by atoms with Gasteiger partial charge in [0.2, 0.25) is 0 Å². The largest absolute Gasteiger partial charge is 0.377 e. The molecule has 1 aliphatic rings. The molecule has 1 heterocycles. The first-order chi connectivity index (χ1) is 11.2. The molecule has 3 nitrogen and oxygen atoms in total. The van der Waals surface area contributed by atoms with E-state index in [1.807, 2.05) is 18.2 Å². The number of hydrogen-bond acceptors (Lipinski definition) is 2. The average Bonchev–Trinajstić information content (AvgIpc) is 2.53. The van der Waals surface area contributed by atoms with Crippen LogP contribution in [0.1, 0.15) is 70.3 Å². The number of carbonyl (C=O) groups is 1. The van der Waals surface area contributed by atoms with Crippen LogP contribution in [0.25, 0.3) is 0 Å². The monoisotopic (exact) mass is 429 g/mol. The van der Waals surface area contributed by atoms with Crippen molar-refractivity contribution < 1.29 is 9.63 Å². The molecule has 1 aromatic rings. The van der Waals surface area contributed by atoms with Gasteiger partial charge in [0, 0.05) is 9.13 Å². The Morgan fingerprint density at radius 1 is 1.04 bits per heavy atom. The number of fused-ring (bicyclic) bond motifs is 1. The van der Waals surface area contributed by atoms with E-state index >= 15 is 0 Å². The molecule has 0 spiro atoms. The molecule has 1 aromatic carbocycles. The molecule has 0 saturated heterocycles. The minimum Gasteiger partial charge on any atom is -0.377 e. The second-order valence-electron chi connectivity index (χ2n) is 6.34. The zero-order valence-corrected chi connectivity index (χ0v) is 16.3. The smallest absolute Gasteiger partial charge is 0.259 e. The molecule has 2 rings (SSSR count). The van der Waals surface area contributed by atoms with Crippen molar-refractivity contribution in [1.29, 1.82) is 0 Å². The summed E-state index contributed by atoms with van der Waals surface area (Å²) in [5.74, 6) is 0.917. The third-order valence-corrected chi connectivity index (χ3v) is 4.99. The fourth-order valence-corrected chi connectivity index (χ4v) is 3.49. The Hall–Kier alpha value is -0.780. The Bertz CT molecular complexity index is 504. The third kappa shape index (κ3) is 6.32. The highest BCUT2D eigenvalue weighted by molar-refractivity contribution is 14.1. The number of hydrogen-bond donors (Lipinski definition) is 0. The van der Waals surface area contributed by atoms with Crippen LogP contribution in [0.5, 0.6) is 5.75 Å². The SMILES string of the molecule is CCCCCCCCCCCN1Oc2ccc(I)cc2CC1=O. The van der Waals surface area contributed by atoms with Crippen LogP contribution in [0, 0.1) is 3.57 Å². The summed E-state index contributed by atoms with van der Waals surface area (Å²) in [4.78, 5) is 17.9. The second-order valence-corrected chi connectivity index (χ2v) is 7.59. The topological polar surface area (TPSA) is 29.5 Å². The van der Waals surface area contributed by atoms with Gasteiger partial charge in [-0.05, 0) is 47.2 Å². The van der Waals surface area contributed by atoms with Gasteiger partial charge in [-0.2, -0.15) is 5.06 Å². The Kier molecular flexibility index (Phi) is 8.20. The fraction of sp³-hybridized carbons (Fsp3) is 0.632. The maximum Gasteiger partial charge on any atom is 0.259 e. The van der Waals surface area contributed by atoms with Gasteiger partial charge in [-0.1, -0.05) is 58.3 Å². The van der Waals surface area contributed by atoms with E-state index in [1.54, 1.807) is 5.06 Å². The van der Waals surface area contributed by atoms with Gasteiger partial charge < -0.3 is 4.84 Å². The quantitative estimate of drug-likeness (QED) is 0.363. The normalized spacial score (nSPS) is 13.8. The first-order valence-electron chi connectivity index (χ1n) is 8.97. The first kappa shape index (κ1) is 18.6. The third-order valence-electron chi connectivity index (χ3n) is 4.32. The Morgan fingerprint density at radius 3 is 2.39 bits per heavy atom. The molecule has 0 saturated carbocycles. The lowest BCUT2D eigenvalue weighted by Crippen LogP contribution is -2.39. The van der Waals surface area contributed by atoms with E-state index in [9.17, 15) is 4.79 Å². The van der Waals surface area contributed by atoms with Gasteiger partial charge in [-0.15, -0.1) is 0 Å². The van der Waals surface area contributed by atoms with Crippen molar-refractivity contribution in [3.8, 4) is 5.75 Å². The van der Waals surface area contributed by atoms with Crippen LogP contribution in [0.15, 0.2) is 18.2 Å². The van der Waals surface area contributed by atoms with Gasteiger partial charge in [0.15, 0.2) is 5.75 Å². The van der Waals surface area contributed by atoms with E-state index in [-0.39, 0.29) is 5.91 Å². The van der Waals surface area contributed by atoms with Gasteiger partial charge in [0.05, 0.1) is 13.0 Å². The highest BCUT2D eigenvalue weighted by Gasteiger charge is 2.24. The average molecular weight is 429 g/mol. The molecule has 0 aliphatic carbocycles. The van der Waals surface area contributed by atoms with Crippen LogP contribution in [-0.4, -0.2) is 17.5 Å². The molecule has 0 aromatic heterocycles. The molecule has 0 atom stereocenters. The number of nitrogens with zero attached hydrogens (tertiary/aromatic N) is 1. The standard InChI is InChI=1S/C19H28INO2/c1-2-3-4-5-6-7-8-9-10-13-21-19(22)15-16-14-17(20)11-12-18(16)23-21/h11-12,14H,2-10,13,15H2,1H3. The maximum atomic E-state index is 12.1. The van der Waals surface area contributed by atoms with E-state index in [0.29, 0.717) is 13.0 Å². The van der Waals surface area contributed by atoms with Crippen molar-refractivity contribution in [3.63, 3.8) is 0 Å². The Morgan fingerprint density at radius 2 is 1.70 bits per heavy atom. The molecular formula is C19H28INO2. The molecule has 0 N–H and O–H groups in total. The summed E-state index contributed by atoms with van der Waals surface area (Å²) in [5.41, 5.74) is 1.00. The molecule has 1 amide bonds. The van der Waals surface area contributed by atoms with Gasteiger partial charge in [-0.3, -0.25) is 4.79 Å². The van der Waals surface area contributed by atoms with E-state index < -0.39 is 0 Å². The minimum atomic E-state index is 0.0825. The highest BCUT2D eigenvalue weighted by Crippen LogP contribution is 2.27. The van der Waals surface area contributed by atoms with E-state index in [0.717, 1.165) is 21.3 Å². The summed E-state index contributed by atoms with van der Waals surface area (Å²) in [6.07, 6.45) is 12.0. The van der Waals surface area contributed by atoms with E-state index in [1.165, 1.54) is 51.4 Å². The lowest BCUT2D eigenvalue weighted by atomic mass is 10.1. The Labute approximate surface area is 153 Å². The minimum absolute atomic E-state index is 0.0825. The molecule has 4 heteroatoms. The van der Waals surface area contributed by atoms with Crippen LogP contribution in [0.3, 0.4) is 0 Å². The molecule has 0 radical (unpaired) electrons. The highest BCUT2D eigenvalue weighted by atomic mass is 127. The molecule has 0 unspecified atom stereocenters. The predicted molar refractivity (Wildman–Crippen MR) is 102 cm³/mol. The summed E-state index contributed by atoms with van der Waals surface area (Å²) < 4.78 is 1.14. The van der Waals surface area contributed by atoms with Crippen LogP contribution in [0.4, 0.5) is 0 Å². The number of rotatable bonds is 10. The van der Waals surface area contributed by atoms with Crippen molar-refractivity contribution in [1.82, 2.24) is 5.06 Å². The summed E-state index contributed by atoms with van der Waals surface area (Å²) in [6.45, 7) is 2.96. The van der Waals surface area contributed by atoms with Gasteiger partial charge in [0.1, 0.15) is 0 Å². The lowest BCUT2D eigenvalue weighted by molar-refractivity contribution is -0.160. The van der Waals surface area contributed by atoms with Crippen molar-refractivity contribution in [2.75, 3.05) is 6.54 Å². The molecule has 128 valence electrons. The zero-order valence-electron chi connectivity index (χ0n) is 14.2. The number of hydroxylamine groups is 2. The number of benzene rings is 1. The lowest BCUT2D eigenvalue weighted by Gasteiger charge is -2.28. The summed E-state index contributed by atoms with van der Waals surface area (Å²) in [5, 5.41) is 1.55. The number of carbonyl (C=O) groups excluding carboxylic acids is 1. The molecular weight excluding hydrogens is 401 g/mol. The zero-order chi connectivity index (χ0) is 16.5. The van der Waals surface area contributed by atoms with E-state index in [2.05, 4.69) is 29.5 Å². The number of halogens is 1. The molecule has 23 heavy (non-hydrogen) atoms. The van der Waals surface area contributed by atoms with E-state index in [4.69, 9.17) is 4.84 Å². The summed E-state index contributed by atoms with van der Waals surface area (Å²) in [6, 6.07) is 6.02. The van der Waals surface area contributed by atoms with Crippen molar-refractivity contribution in [3.05, 3.63) is 27.3 Å². The number of amides is 1. The van der Waals surface area contributed by atoms with Crippen molar-refractivity contribution >= 4 is 28.5 Å². The fourth-order valence-electron chi connectivity index (χ4n) is 2.93. The first-order valence-corrected chi connectivity index (χ1v) is 10.1. The van der Waals surface area contributed by atoms with Gasteiger partial charge >= 0.3 is 0 Å². The van der Waals surface area contributed by atoms with Gasteiger partial charge in [0.25, 0.3) is 5.91 Å². The summed E-state index contributed by atoms with van der Waals surface area (Å²) >= 11 is 2.26. The van der Waals surface area contributed by atoms with Gasteiger partial charge in [-0.25, -0.2) is 0 Å². The van der Waals surface area contributed by atoms with Crippen molar-refractivity contribution in [2.24, 2.45) is 0 Å².